The van der Waals surface area contributed by atoms with E-state index in [2.05, 4.69) is 11.4 Å². The fraction of sp³-hybridized carbons (Fsp3) is 0.188. The Morgan fingerprint density at radius 2 is 2.00 bits per heavy atom. The van der Waals surface area contributed by atoms with Crippen molar-refractivity contribution in [1.29, 1.82) is 5.26 Å². The first-order valence-corrected chi connectivity index (χ1v) is 6.11. The van der Waals surface area contributed by atoms with Gasteiger partial charge < -0.3 is 10.1 Å². The van der Waals surface area contributed by atoms with E-state index in [4.69, 9.17) is 10.00 Å². The lowest BCUT2D eigenvalue weighted by Crippen LogP contribution is -2.03. The summed E-state index contributed by atoms with van der Waals surface area (Å²) >= 11 is 0. The Morgan fingerprint density at radius 1 is 1.21 bits per heavy atom. The summed E-state index contributed by atoms with van der Waals surface area (Å²) in [6.07, 6.45) is 0. The summed E-state index contributed by atoms with van der Waals surface area (Å²) in [6, 6.07) is 15.8. The molecule has 0 fully saturated rings. The number of nitrogens with zero attached hydrogens (tertiary/aromatic N) is 1. The first-order valence-electron chi connectivity index (χ1n) is 6.11. The number of hydrogen-bond donors (Lipinski definition) is 1. The number of para-hydroxylation sites is 1. The first kappa shape index (κ1) is 13.0. The van der Waals surface area contributed by atoms with Crippen molar-refractivity contribution in [2.45, 2.75) is 13.5 Å². The summed E-state index contributed by atoms with van der Waals surface area (Å²) in [7, 11) is 1.66. The van der Waals surface area contributed by atoms with Crippen molar-refractivity contribution in [3.05, 3.63) is 59.2 Å². The largest absolute Gasteiger partial charge is 0.496 e. The van der Waals surface area contributed by atoms with Crippen LogP contribution >= 0.6 is 0 Å². The lowest BCUT2D eigenvalue weighted by atomic mass is 10.1. The number of nitriles is 1. The minimum Gasteiger partial charge on any atom is -0.496 e. The van der Waals surface area contributed by atoms with Gasteiger partial charge in [-0.1, -0.05) is 24.3 Å². The Kier molecular flexibility index (Phi) is 4.04. The molecule has 0 atom stereocenters. The summed E-state index contributed by atoms with van der Waals surface area (Å²) in [5, 5.41) is 12.4. The number of methoxy groups -OCH3 is 1. The third-order valence-corrected chi connectivity index (χ3v) is 2.96. The Bertz CT molecular complexity index is 614. The summed E-state index contributed by atoms with van der Waals surface area (Å²) in [6.45, 7) is 2.64. The molecule has 0 saturated carbocycles. The summed E-state index contributed by atoms with van der Waals surface area (Å²) in [5.74, 6) is 0.848. The second-order valence-electron chi connectivity index (χ2n) is 4.33. The van der Waals surface area contributed by atoms with E-state index in [1.807, 2.05) is 49.4 Å². The zero-order chi connectivity index (χ0) is 13.7. The van der Waals surface area contributed by atoms with Gasteiger partial charge in [0.2, 0.25) is 0 Å². The van der Waals surface area contributed by atoms with Crippen LogP contribution in [0.15, 0.2) is 42.5 Å². The van der Waals surface area contributed by atoms with Gasteiger partial charge in [-0.3, -0.25) is 0 Å². The molecule has 0 aromatic heterocycles. The van der Waals surface area contributed by atoms with Gasteiger partial charge in [-0.05, 0) is 30.7 Å². The molecule has 3 nitrogen and oxygen atoms in total. The van der Waals surface area contributed by atoms with Gasteiger partial charge in [-0.25, -0.2) is 0 Å². The number of nitrogens with one attached hydrogen (secondary N) is 1. The van der Waals surface area contributed by atoms with E-state index in [0.717, 1.165) is 22.6 Å². The molecule has 0 saturated heterocycles. The van der Waals surface area contributed by atoms with Gasteiger partial charge in [-0.2, -0.15) is 5.26 Å². The van der Waals surface area contributed by atoms with Crippen LogP contribution in [0.2, 0.25) is 0 Å². The summed E-state index contributed by atoms with van der Waals surface area (Å²) in [4.78, 5) is 0. The molecule has 2 aromatic carbocycles. The molecule has 0 amide bonds. The maximum atomic E-state index is 9.09. The van der Waals surface area contributed by atoms with Crippen molar-refractivity contribution in [3.63, 3.8) is 0 Å². The van der Waals surface area contributed by atoms with Crippen LogP contribution in [0.4, 0.5) is 5.69 Å². The Hall–Kier alpha value is -2.47. The second kappa shape index (κ2) is 5.92. The SMILES string of the molecule is COc1ccccc1CNc1cc(C)ccc1C#N. The Balaban J connectivity index is 2.19. The number of ether oxygens (including phenoxy) is 1. The zero-order valence-electron chi connectivity index (χ0n) is 11.1. The highest BCUT2D eigenvalue weighted by atomic mass is 16.5. The van der Waals surface area contributed by atoms with Gasteiger partial charge in [0.1, 0.15) is 11.8 Å². The molecular formula is C16H16N2O. The molecule has 96 valence electrons. The topological polar surface area (TPSA) is 45.0 Å². The van der Waals surface area contributed by atoms with Crippen molar-refractivity contribution in [2.75, 3.05) is 12.4 Å². The van der Waals surface area contributed by atoms with E-state index in [1.165, 1.54) is 0 Å². The smallest absolute Gasteiger partial charge is 0.123 e. The van der Waals surface area contributed by atoms with Gasteiger partial charge in [0.25, 0.3) is 0 Å². The summed E-state index contributed by atoms with van der Waals surface area (Å²) in [5.41, 5.74) is 3.70. The lowest BCUT2D eigenvalue weighted by Gasteiger charge is -2.12. The fourth-order valence-corrected chi connectivity index (χ4v) is 1.94. The highest BCUT2D eigenvalue weighted by Crippen LogP contribution is 2.21. The number of aryl methyl sites for hydroxylation is 1. The standard InChI is InChI=1S/C16H16N2O/c1-12-7-8-13(10-17)15(9-12)18-11-14-5-3-4-6-16(14)19-2/h3-9,18H,11H2,1-2H3. The van der Waals surface area contributed by atoms with Gasteiger partial charge >= 0.3 is 0 Å². The molecule has 0 unspecified atom stereocenters. The molecule has 3 heteroatoms. The molecular weight excluding hydrogens is 236 g/mol. The van der Waals surface area contributed by atoms with Crippen LogP contribution < -0.4 is 10.1 Å². The number of benzene rings is 2. The van der Waals surface area contributed by atoms with E-state index >= 15 is 0 Å². The van der Waals surface area contributed by atoms with Crippen molar-refractivity contribution in [3.8, 4) is 11.8 Å². The van der Waals surface area contributed by atoms with Gasteiger partial charge in [0.15, 0.2) is 0 Å². The molecule has 1 N–H and O–H groups in total. The average Bonchev–Trinajstić information content (AvgIpc) is 2.45. The molecule has 0 heterocycles. The van der Waals surface area contributed by atoms with Crippen LogP contribution in [0.3, 0.4) is 0 Å². The van der Waals surface area contributed by atoms with Crippen LogP contribution in [0.1, 0.15) is 16.7 Å². The number of anilines is 1. The Morgan fingerprint density at radius 3 is 2.74 bits per heavy atom. The number of rotatable bonds is 4. The maximum absolute atomic E-state index is 9.09. The predicted octanol–water partition coefficient (Wildman–Crippen LogP) is 3.49. The zero-order valence-corrected chi connectivity index (χ0v) is 11.1. The first-order chi connectivity index (χ1) is 9.24. The normalized spacial score (nSPS) is 9.74. The highest BCUT2D eigenvalue weighted by Gasteiger charge is 2.04. The molecule has 2 aromatic rings. The molecule has 0 aliphatic heterocycles. The molecule has 2 rings (SSSR count). The van der Waals surface area contributed by atoms with Crippen molar-refractivity contribution in [1.82, 2.24) is 0 Å². The van der Waals surface area contributed by atoms with E-state index in [-0.39, 0.29) is 0 Å². The van der Waals surface area contributed by atoms with E-state index in [1.54, 1.807) is 7.11 Å². The van der Waals surface area contributed by atoms with E-state index < -0.39 is 0 Å². The molecule has 0 aliphatic rings. The molecule has 0 bridgehead atoms. The third-order valence-electron chi connectivity index (χ3n) is 2.96. The minimum atomic E-state index is 0.627. The monoisotopic (exact) mass is 252 g/mol. The van der Waals surface area contributed by atoms with E-state index in [0.29, 0.717) is 12.1 Å². The maximum Gasteiger partial charge on any atom is 0.123 e. The summed E-state index contributed by atoms with van der Waals surface area (Å²) < 4.78 is 5.31. The van der Waals surface area contributed by atoms with Crippen LogP contribution in [-0.4, -0.2) is 7.11 Å². The van der Waals surface area contributed by atoms with Crippen molar-refractivity contribution < 1.29 is 4.74 Å². The average molecular weight is 252 g/mol. The minimum absolute atomic E-state index is 0.627. The Labute approximate surface area is 113 Å². The van der Waals surface area contributed by atoms with Gasteiger partial charge in [-0.15, -0.1) is 0 Å². The highest BCUT2D eigenvalue weighted by molar-refractivity contribution is 5.59. The lowest BCUT2D eigenvalue weighted by molar-refractivity contribution is 0.410. The second-order valence-corrected chi connectivity index (χ2v) is 4.33. The molecule has 0 radical (unpaired) electrons. The number of hydrogen-bond acceptors (Lipinski definition) is 3. The van der Waals surface area contributed by atoms with Crippen LogP contribution in [0.5, 0.6) is 5.75 Å². The molecule has 0 aliphatic carbocycles. The quantitative estimate of drug-likeness (QED) is 0.906. The van der Waals surface area contributed by atoms with Crippen LogP contribution in [0.25, 0.3) is 0 Å². The predicted molar refractivity (Wildman–Crippen MR) is 76.2 cm³/mol. The van der Waals surface area contributed by atoms with Crippen molar-refractivity contribution >= 4 is 5.69 Å². The van der Waals surface area contributed by atoms with Crippen LogP contribution in [-0.2, 0) is 6.54 Å². The molecule has 0 spiro atoms. The van der Waals surface area contributed by atoms with Crippen LogP contribution in [0, 0.1) is 18.3 Å². The van der Waals surface area contributed by atoms with Gasteiger partial charge in [0.05, 0.1) is 18.4 Å². The fourth-order valence-electron chi connectivity index (χ4n) is 1.94. The van der Waals surface area contributed by atoms with Crippen molar-refractivity contribution in [2.24, 2.45) is 0 Å². The van der Waals surface area contributed by atoms with Gasteiger partial charge in [0, 0.05) is 12.1 Å². The van der Waals surface area contributed by atoms with E-state index in [9.17, 15) is 0 Å². The molecule has 19 heavy (non-hydrogen) atoms. The third kappa shape index (κ3) is 3.05.